The van der Waals surface area contributed by atoms with E-state index in [0.29, 0.717) is 11.5 Å². The average molecular weight is 499 g/mol. The highest BCUT2D eigenvalue weighted by Crippen LogP contribution is 2.48. The summed E-state index contributed by atoms with van der Waals surface area (Å²) in [6, 6.07) is 9.06. The molecule has 2 saturated carbocycles. The fourth-order valence-corrected chi connectivity index (χ4v) is 6.00. The molecule has 0 spiro atoms. The number of hydrogen-bond acceptors (Lipinski definition) is 1. The monoisotopic (exact) mass is 498 g/mol. The molecule has 192 valence electrons. The van der Waals surface area contributed by atoms with Crippen LogP contribution in [0.25, 0.3) is 11.1 Å². The van der Waals surface area contributed by atoms with Gasteiger partial charge in [-0.25, -0.2) is 8.78 Å². The van der Waals surface area contributed by atoms with Crippen LogP contribution in [0.4, 0.5) is 26.3 Å². The maximum atomic E-state index is 14.3. The Morgan fingerprint density at radius 1 is 0.886 bits per heavy atom. The Morgan fingerprint density at radius 3 is 2.14 bits per heavy atom. The van der Waals surface area contributed by atoms with E-state index in [0.717, 1.165) is 42.7 Å². The van der Waals surface area contributed by atoms with Crippen LogP contribution in [0.1, 0.15) is 76.2 Å². The van der Waals surface area contributed by atoms with Gasteiger partial charge in [0, 0.05) is 0 Å². The van der Waals surface area contributed by atoms with Gasteiger partial charge in [-0.15, -0.1) is 0 Å². The van der Waals surface area contributed by atoms with Crippen LogP contribution in [0.5, 0.6) is 5.75 Å². The first kappa shape index (κ1) is 25.9. The van der Waals surface area contributed by atoms with Crippen molar-refractivity contribution >= 4 is 0 Å². The molecule has 0 radical (unpaired) electrons. The molecule has 0 aromatic heterocycles. The Morgan fingerprint density at radius 2 is 1.51 bits per heavy atom. The van der Waals surface area contributed by atoms with Crippen molar-refractivity contribution in [2.45, 2.75) is 83.2 Å². The fraction of sp³-hybridized carbons (Fsp3) is 0.571. The lowest BCUT2D eigenvalue weighted by Crippen LogP contribution is -2.34. The van der Waals surface area contributed by atoms with Crippen LogP contribution < -0.4 is 4.74 Å². The van der Waals surface area contributed by atoms with Gasteiger partial charge in [0.05, 0.1) is 0 Å². The summed E-state index contributed by atoms with van der Waals surface area (Å²) in [6.45, 7) is 2.25. The predicted molar refractivity (Wildman–Crippen MR) is 124 cm³/mol. The second kappa shape index (κ2) is 10.8. The SMILES string of the molecule is CCCCC1CCC2CC(c3ccc(-c4cc(F)c(OC(F)(F)C(F)F)c(F)c4)cc3)CCC2C1. The van der Waals surface area contributed by atoms with Crippen LogP contribution in [0.3, 0.4) is 0 Å². The van der Waals surface area contributed by atoms with Crippen LogP contribution in [-0.4, -0.2) is 12.5 Å². The molecule has 2 aliphatic carbocycles. The largest absolute Gasteiger partial charge is 0.461 e. The van der Waals surface area contributed by atoms with Crippen molar-refractivity contribution in [2.75, 3.05) is 0 Å². The zero-order valence-electron chi connectivity index (χ0n) is 19.9. The van der Waals surface area contributed by atoms with Gasteiger partial charge in [0.1, 0.15) is 0 Å². The van der Waals surface area contributed by atoms with E-state index in [4.69, 9.17) is 0 Å². The zero-order chi connectivity index (χ0) is 25.2. The fourth-order valence-electron chi connectivity index (χ4n) is 6.00. The molecule has 0 heterocycles. The minimum Gasteiger partial charge on any atom is -0.422 e. The van der Waals surface area contributed by atoms with Crippen molar-refractivity contribution in [1.82, 2.24) is 0 Å². The Bertz CT molecular complexity index is 966. The summed E-state index contributed by atoms with van der Waals surface area (Å²) in [7, 11) is 0. The van der Waals surface area contributed by atoms with E-state index >= 15 is 0 Å². The van der Waals surface area contributed by atoms with Crippen LogP contribution in [0.2, 0.25) is 0 Å². The lowest BCUT2D eigenvalue weighted by molar-refractivity contribution is -0.255. The highest BCUT2D eigenvalue weighted by molar-refractivity contribution is 5.65. The molecule has 4 rings (SSSR count). The van der Waals surface area contributed by atoms with Gasteiger partial charge in [-0.1, -0.05) is 56.9 Å². The van der Waals surface area contributed by atoms with Crippen molar-refractivity contribution in [3.63, 3.8) is 0 Å². The molecule has 0 saturated heterocycles. The molecule has 4 atom stereocenters. The summed E-state index contributed by atoms with van der Waals surface area (Å²) in [5, 5.41) is 0. The predicted octanol–water partition coefficient (Wildman–Crippen LogP) is 9.36. The Kier molecular flexibility index (Phi) is 8.02. The topological polar surface area (TPSA) is 9.23 Å². The van der Waals surface area contributed by atoms with Crippen molar-refractivity contribution in [2.24, 2.45) is 17.8 Å². The van der Waals surface area contributed by atoms with Crippen LogP contribution in [-0.2, 0) is 0 Å². The van der Waals surface area contributed by atoms with E-state index in [2.05, 4.69) is 11.7 Å². The first-order chi connectivity index (χ1) is 16.7. The molecule has 2 aliphatic rings. The lowest BCUT2D eigenvalue weighted by atomic mass is 9.63. The molecular formula is C28H32F6O. The number of alkyl halides is 4. The van der Waals surface area contributed by atoms with Gasteiger partial charge in [0.15, 0.2) is 17.4 Å². The minimum atomic E-state index is -4.99. The molecule has 35 heavy (non-hydrogen) atoms. The molecule has 0 bridgehead atoms. The molecule has 0 amide bonds. The van der Waals surface area contributed by atoms with Gasteiger partial charge in [-0.3, -0.25) is 0 Å². The molecule has 2 aromatic rings. The Balaban J connectivity index is 1.42. The second-order valence-corrected chi connectivity index (χ2v) is 10.2. The summed E-state index contributed by atoms with van der Waals surface area (Å²) < 4.78 is 83.1. The van der Waals surface area contributed by atoms with Crippen LogP contribution in [0.15, 0.2) is 36.4 Å². The molecule has 7 heteroatoms. The normalized spacial score (nSPS) is 24.9. The maximum Gasteiger partial charge on any atom is 0.461 e. The number of hydrogen-bond donors (Lipinski definition) is 0. The summed E-state index contributed by atoms with van der Waals surface area (Å²) in [5.41, 5.74) is 1.81. The zero-order valence-corrected chi connectivity index (χ0v) is 19.9. The van der Waals surface area contributed by atoms with E-state index < -0.39 is 29.9 Å². The van der Waals surface area contributed by atoms with E-state index in [9.17, 15) is 26.3 Å². The first-order valence-electron chi connectivity index (χ1n) is 12.6. The molecule has 2 fully saturated rings. The van der Waals surface area contributed by atoms with E-state index in [1.54, 1.807) is 12.1 Å². The lowest BCUT2D eigenvalue weighted by Gasteiger charge is -2.42. The number of ether oxygens (including phenoxy) is 1. The first-order valence-corrected chi connectivity index (χ1v) is 12.6. The van der Waals surface area contributed by atoms with Crippen LogP contribution >= 0.6 is 0 Å². The van der Waals surface area contributed by atoms with Crippen molar-refractivity contribution in [1.29, 1.82) is 0 Å². The van der Waals surface area contributed by atoms with E-state index in [1.807, 2.05) is 12.1 Å². The van der Waals surface area contributed by atoms with Gasteiger partial charge < -0.3 is 4.74 Å². The Labute approximate surface area is 202 Å². The number of rotatable bonds is 8. The Hall–Kier alpha value is -2.18. The third-order valence-electron chi connectivity index (χ3n) is 7.89. The highest BCUT2D eigenvalue weighted by atomic mass is 19.3. The molecule has 4 unspecified atom stereocenters. The summed E-state index contributed by atoms with van der Waals surface area (Å²) in [4.78, 5) is 0. The number of unbranched alkanes of at least 4 members (excludes halogenated alkanes) is 1. The third kappa shape index (κ3) is 5.97. The van der Waals surface area contributed by atoms with Crippen molar-refractivity contribution in [3.05, 3.63) is 53.6 Å². The van der Waals surface area contributed by atoms with Gasteiger partial charge in [-0.2, -0.15) is 17.6 Å². The average Bonchev–Trinajstić information content (AvgIpc) is 2.84. The minimum absolute atomic E-state index is 0.119. The molecule has 1 nitrogen and oxygen atoms in total. The highest BCUT2D eigenvalue weighted by Gasteiger charge is 2.45. The van der Waals surface area contributed by atoms with Crippen molar-refractivity contribution in [3.8, 4) is 16.9 Å². The van der Waals surface area contributed by atoms with Gasteiger partial charge >= 0.3 is 12.5 Å². The standard InChI is InChI=1S/C28H32F6O/c1-2-3-4-17-5-6-22-14-21(12-11-20(22)13-17)18-7-9-19(10-8-18)23-15-24(29)26(25(30)16-23)35-28(33,34)27(31)32/h7-10,15-17,20-22,27H,2-6,11-14H2,1H3. The maximum absolute atomic E-state index is 14.3. The summed E-state index contributed by atoms with van der Waals surface area (Å²) in [5.74, 6) is -1.52. The molecule has 0 aliphatic heterocycles. The van der Waals surface area contributed by atoms with Crippen LogP contribution in [0, 0.1) is 29.4 Å². The van der Waals surface area contributed by atoms with Gasteiger partial charge in [0.2, 0.25) is 0 Å². The number of benzene rings is 2. The molecule has 2 aromatic carbocycles. The van der Waals surface area contributed by atoms with Gasteiger partial charge in [-0.05, 0) is 84.6 Å². The smallest absolute Gasteiger partial charge is 0.422 e. The summed E-state index contributed by atoms with van der Waals surface area (Å²) in [6.07, 6.45) is 2.26. The van der Waals surface area contributed by atoms with E-state index in [1.165, 1.54) is 50.5 Å². The number of halogens is 6. The van der Waals surface area contributed by atoms with Crippen molar-refractivity contribution < 1.29 is 31.1 Å². The third-order valence-corrected chi connectivity index (χ3v) is 7.89. The van der Waals surface area contributed by atoms with Gasteiger partial charge in [0.25, 0.3) is 0 Å². The summed E-state index contributed by atoms with van der Waals surface area (Å²) >= 11 is 0. The number of fused-ring (bicyclic) bond motifs is 1. The van der Waals surface area contributed by atoms with E-state index in [-0.39, 0.29) is 5.56 Å². The second-order valence-electron chi connectivity index (χ2n) is 10.2. The quantitative estimate of drug-likeness (QED) is 0.330. The molecular weight excluding hydrogens is 466 g/mol. The molecule has 0 N–H and O–H groups in total.